The molecule has 1 aromatic heterocycles. The van der Waals surface area contributed by atoms with Gasteiger partial charge < -0.3 is 14.0 Å². The molecule has 24 heavy (non-hydrogen) atoms. The second-order valence-electron chi connectivity index (χ2n) is 5.54. The quantitative estimate of drug-likeness (QED) is 0.787. The fourth-order valence-electron chi connectivity index (χ4n) is 2.59. The molecule has 0 radical (unpaired) electrons. The number of ether oxygens (including phenoxy) is 2. The van der Waals surface area contributed by atoms with Crippen molar-refractivity contribution in [2.75, 3.05) is 26.0 Å². The number of Topliss-reactive ketones (excluding diaryl/α,β-unsaturated/α-hetero) is 1. The minimum Gasteiger partial charge on any atom is -0.497 e. The fourth-order valence-corrected chi connectivity index (χ4v) is 3.75. The Bertz CT molecular complexity index is 652. The van der Waals surface area contributed by atoms with Crippen LogP contribution < -0.4 is 14.8 Å². The molecular formula is C17H21N3O3S. The average Bonchev–Trinajstić information content (AvgIpc) is 3.31. The zero-order valence-electron chi connectivity index (χ0n) is 13.6. The second-order valence-corrected chi connectivity index (χ2v) is 6.93. The Morgan fingerprint density at radius 1 is 1.38 bits per heavy atom. The number of nitrogens with zero attached hydrogens (tertiary/aromatic N) is 2. The normalized spacial score (nSPS) is 20.0. The van der Waals surface area contributed by atoms with Crippen molar-refractivity contribution in [2.45, 2.75) is 17.8 Å². The lowest BCUT2D eigenvalue weighted by molar-refractivity contribution is -0.123. The van der Waals surface area contributed by atoms with Crippen molar-refractivity contribution in [3.8, 4) is 11.5 Å². The van der Waals surface area contributed by atoms with Gasteiger partial charge >= 0.3 is 0 Å². The number of ketones is 1. The molecule has 3 rings (SSSR count). The number of imidazole rings is 1. The minimum atomic E-state index is -0.666. The van der Waals surface area contributed by atoms with Gasteiger partial charge in [0.2, 0.25) is 0 Å². The second kappa shape index (κ2) is 7.72. The summed E-state index contributed by atoms with van der Waals surface area (Å²) in [5.74, 6) is 2.57. The Morgan fingerprint density at radius 3 is 2.79 bits per heavy atom. The average molecular weight is 347 g/mol. The molecule has 0 saturated carbocycles. The maximum Gasteiger partial charge on any atom is 0.168 e. The van der Waals surface area contributed by atoms with Crippen LogP contribution in [0.3, 0.4) is 0 Å². The van der Waals surface area contributed by atoms with Crippen LogP contribution in [-0.2, 0) is 11.3 Å². The number of rotatable bonds is 8. The molecule has 1 aliphatic rings. The number of aromatic nitrogens is 2. The Kier molecular flexibility index (Phi) is 5.42. The highest BCUT2D eigenvalue weighted by molar-refractivity contribution is 8.01. The molecule has 1 N–H and O–H groups in total. The van der Waals surface area contributed by atoms with Gasteiger partial charge in [-0.2, -0.15) is 0 Å². The Morgan fingerprint density at radius 2 is 2.17 bits per heavy atom. The number of carbonyl (C=O) groups is 1. The summed E-state index contributed by atoms with van der Waals surface area (Å²) in [5.41, 5.74) is 0. The first-order valence-corrected chi connectivity index (χ1v) is 8.85. The van der Waals surface area contributed by atoms with E-state index < -0.39 is 4.87 Å². The molecule has 6 nitrogen and oxygen atoms in total. The van der Waals surface area contributed by atoms with E-state index in [-0.39, 0.29) is 5.78 Å². The van der Waals surface area contributed by atoms with Gasteiger partial charge in [0.15, 0.2) is 10.7 Å². The van der Waals surface area contributed by atoms with E-state index in [1.807, 2.05) is 35.0 Å². The summed E-state index contributed by atoms with van der Waals surface area (Å²) in [7, 11) is 1.63. The van der Waals surface area contributed by atoms with Gasteiger partial charge in [-0.1, -0.05) is 0 Å². The first kappa shape index (κ1) is 16.9. The summed E-state index contributed by atoms with van der Waals surface area (Å²) >= 11 is 1.63. The van der Waals surface area contributed by atoms with E-state index in [0.717, 1.165) is 23.8 Å². The summed E-state index contributed by atoms with van der Waals surface area (Å²) in [6.45, 7) is 1.76. The predicted octanol–water partition coefficient (Wildman–Crippen LogP) is 1.96. The molecule has 1 unspecified atom stereocenters. The Labute approximate surface area is 145 Å². The molecule has 1 fully saturated rings. The fraction of sp³-hybridized carbons (Fsp3) is 0.412. The van der Waals surface area contributed by atoms with Crippen LogP contribution in [0.25, 0.3) is 0 Å². The van der Waals surface area contributed by atoms with Crippen LogP contribution in [0.1, 0.15) is 6.42 Å². The number of hydrogen-bond acceptors (Lipinski definition) is 6. The van der Waals surface area contributed by atoms with Gasteiger partial charge in [-0.3, -0.25) is 10.1 Å². The SMILES string of the molecule is COc1ccc(OCC2(C(=O)CCn3ccnc3)NCCS2)cc1. The highest BCUT2D eigenvalue weighted by Gasteiger charge is 2.42. The standard InChI is InChI=1S/C17H21N3O3S/c1-22-14-2-4-15(5-3-14)23-12-17(19-8-11-24-17)16(21)6-9-20-10-7-18-13-20/h2-5,7,10,13,19H,6,8-9,11-12H2,1H3. The van der Waals surface area contributed by atoms with E-state index in [1.54, 1.807) is 31.4 Å². The molecule has 1 atom stereocenters. The summed E-state index contributed by atoms with van der Waals surface area (Å²) in [4.78, 5) is 16.1. The zero-order chi connectivity index (χ0) is 16.8. The van der Waals surface area contributed by atoms with E-state index in [4.69, 9.17) is 9.47 Å². The van der Waals surface area contributed by atoms with Gasteiger partial charge in [-0.25, -0.2) is 4.98 Å². The van der Waals surface area contributed by atoms with Crippen LogP contribution in [0.5, 0.6) is 11.5 Å². The van der Waals surface area contributed by atoms with Gasteiger partial charge in [0.1, 0.15) is 18.1 Å². The maximum absolute atomic E-state index is 12.8. The Balaban J connectivity index is 1.60. The highest BCUT2D eigenvalue weighted by atomic mass is 32.2. The zero-order valence-corrected chi connectivity index (χ0v) is 14.4. The van der Waals surface area contributed by atoms with Crippen LogP contribution in [0, 0.1) is 0 Å². The van der Waals surface area contributed by atoms with Crippen molar-refractivity contribution in [3.63, 3.8) is 0 Å². The molecule has 1 aliphatic heterocycles. The molecule has 0 aliphatic carbocycles. The molecule has 0 amide bonds. The molecule has 1 saturated heterocycles. The van der Waals surface area contributed by atoms with Gasteiger partial charge in [0.25, 0.3) is 0 Å². The van der Waals surface area contributed by atoms with Crippen molar-refractivity contribution in [3.05, 3.63) is 43.0 Å². The van der Waals surface area contributed by atoms with Crippen LogP contribution in [0.2, 0.25) is 0 Å². The molecule has 2 aromatic rings. The third kappa shape index (κ3) is 3.91. The molecule has 0 spiro atoms. The van der Waals surface area contributed by atoms with Gasteiger partial charge in [-0.05, 0) is 24.3 Å². The van der Waals surface area contributed by atoms with Crippen molar-refractivity contribution >= 4 is 17.5 Å². The van der Waals surface area contributed by atoms with E-state index in [9.17, 15) is 4.79 Å². The topological polar surface area (TPSA) is 65.4 Å². The lowest BCUT2D eigenvalue weighted by Crippen LogP contribution is -2.50. The molecule has 0 bridgehead atoms. The Hall–Kier alpha value is -1.99. The molecule has 7 heteroatoms. The molecule has 2 heterocycles. The minimum absolute atomic E-state index is 0.159. The van der Waals surface area contributed by atoms with Crippen LogP contribution in [-0.4, -0.2) is 46.2 Å². The van der Waals surface area contributed by atoms with Crippen LogP contribution in [0.4, 0.5) is 0 Å². The largest absolute Gasteiger partial charge is 0.497 e. The van der Waals surface area contributed by atoms with Crippen molar-refractivity contribution < 1.29 is 14.3 Å². The molecule has 1 aromatic carbocycles. The lowest BCUT2D eigenvalue weighted by atomic mass is 10.1. The van der Waals surface area contributed by atoms with Crippen molar-refractivity contribution in [2.24, 2.45) is 0 Å². The smallest absolute Gasteiger partial charge is 0.168 e. The third-order valence-electron chi connectivity index (χ3n) is 3.97. The highest BCUT2D eigenvalue weighted by Crippen LogP contribution is 2.31. The van der Waals surface area contributed by atoms with Gasteiger partial charge in [-0.15, -0.1) is 11.8 Å². The molecular weight excluding hydrogens is 326 g/mol. The summed E-state index contributed by atoms with van der Waals surface area (Å²) in [6.07, 6.45) is 5.75. The summed E-state index contributed by atoms with van der Waals surface area (Å²) in [6, 6.07) is 7.39. The maximum atomic E-state index is 12.8. The number of methoxy groups -OCH3 is 1. The monoisotopic (exact) mass is 347 g/mol. The van der Waals surface area contributed by atoms with Crippen molar-refractivity contribution in [1.82, 2.24) is 14.9 Å². The van der Waals surface area contributed by atoms with Gasteiger partial charge in [0.05, 0.1) is 13.4 Å². The first-order chi connectivity index (χ1) is 11.7. The van der Waals surface area contributed by atoms with E-state index in [2.05, 4.69) is 10.3 Å². The van der Waals surface area contributed by atoms with Crippen LogP contribution in [0.15, 0.2) is 43.0 Å². The van der Waals surface area contributed by atoms with E-state index in [0.29, 0.717) is 19.6 Å². The number of hydrogen-bond donors (Lipinski definition) is 1. The van der Waals surface area contributed by atoms with Gasteiger partial charge in [0, 0.05) is 37.7 Å². The summed E-state index contributed by atoms with van der Waals surface area (Å²) in [5, 5.41) is 3.33. The molecule has 128 valence electrons. The van der Waals surface area contributed by atoms with E-state index in [1.165, 1.54) is 0 Å². The third-order valence-corrected chi connectivity index (χ3v) is 5.36. The van der Waals surface area contributed by atoms with E-state index >= 15 is 0 Å². The number of aryl methyl sites for hydroxylation is 1. The number of thioether (sulfide) groups is 1. The van der Waals surface area contributed by atoms with Crippen molar-refractivity contribution in [1.29, 1.82) is 0 Å². The number of carbonyl (C=O) groups excluding carboxylic acids is 1. The lowest BCUT2D eigenvalue weighted by Gasteiger charge is -2.27. The predicted molar refractivity (Wildman–Crippen MR) is 93.5 cm³/mol. The first-order valence-electron chi connectivity index (χ1n) is 7.87. The van der Waals surface area contributed by atoms with Crippen LogP contribution >= 0.6 is 11.8 Å². The summed E-state index contributed by atoms with van der Waals surface area (Å²) < 4.78 is 12.9. The number of nitrogens with one attached hydrogen (secondary N) is 1. The number of benzene rings is 1.